The minimum absolute atomic E-state index is 0.451. The summed E-state index contributed by atoms with van der Waals surface area (Å²) in [6.07, 6.45) is 0. The summed E-state index contributed by atoms with van der Waals surface area (Å²) in [7, 11) is 4.05. The van der Waals surface area contributed by atoms with Crippen molar-refractivity contribution in [1.29, 1.82) is 0 Å². The second-order valence-corrected chi connectivity index (χ2v) is 5.49. The van der Waals surface area contributed by atoms with Crippen molar-refractivity contribution in [2.45, 2.75) is 6.54 Å². The first-order valence-electron chi connectivity index (χ1n) is 6.82. The number of benzene rings is 2. The van der Waals surface area contributed by atoms with Gasteiger partial charge in [-0.05, 0) is 35.9 Å². The Morgan fingerprint density at radius 2 is 1.90 bits per heavy atom. The third-order valence-electron chi connectivity index (χ3n) is 3.48. The third kappa shape index (κ3) is 2.83. The van der Waals surface area contributed by atoms with E-state index in [0.29, 0.717) is 11.8 Å². The summed E-state index contributed by atoms with van der Waals surface area (Å²) in [5.41, 5.74) is 4.02. The third-order valence-corrected chi connectivity index (χ3v) is 3.79. The van der Waals surface area contributed by atoms with E-state index in [1.165, 1.54) is 0 Å². The van der Waals surface area contributed by atoms with Crippen molar-refractivity contribution in [2.24, 2.45) is 0 Å². The lowest BCUT2D eigenvalue weighted by Crippen LogP contribution is -2.09. The molecule has 3 nitrogen and oxygen atoms in total. The average Bonchev–Trinajstić information content (AvgIpc) is 2.81. The van der Waals surface area contributed by atoms with Crippen molar-refractivity contribution in [1.82, 2.24) is 0 Å². The van der Waals surface area contributed by atoms with Crippen molar-refractivity contribution in [3.63, 3.8) is 0 Å². The first kappa shape index (κ1) is 13.8. The van der Waals surface area contributed by atoms with Crippen LogP contribution in [0.25, 0.3) is 11.0 Å². The number of hydrogen-bond donors (Lipinski definition) is 1. The van der Waals surface area contributed by atoms with Crippen LogP contribution in [0.2, 0.25) is 5.22 Å². The lowest BCUT2D eigenvalue weighted by molar-refractivity contribution is 0.613. The molecule has 1 heterocycles. The van der Waals surface area contributed by atoms with E-state index in [9.17, 15) is 0 Å². The second kappa shape index (κ2) is 5.70. The van der Waals surface area contributed by atoms with Crippen LogP contribution in [0.3, 0.4) is 0 Å². The van der Waals surface area contributed by atoms with Crippen LogP contribution in [-0.2, 0) is 6.54 Å². The maximum atomic E-state index is 6.20. The predicted molar refractivity (Wildman–Crippen MR) is 89.3 cm³/mol. The van der Waals surface area contributed by atoms with Gasteiger partial charge in [0.15, 0.2) is 5.22 Å². The molecule has 21 heavy (non-hydrogen) atoms. The number of nitrogens with one attached hydrogen (secondary N) is 1. The lowest BCUT2D eigenvalue weighted by atomic mass is 10.1. The zero-order valence-corrected chi connectivity index (χ0v) is 12.8. The molecular weight excluding hydrogens is 284 g/mol. The van der Waals surface area contributed by atoms with E-state index in [0.717, 1.165) is 27.9 Å². The summed E-state index contributed by atoms with van der Waals surface area (Å²) in [5.74, 6) is 0. The van der Waals surface area contributed by atoms with Crippen LogP contribution in [0.5, 0.6) is 0 Å². The number of hydrogen-bond acceptors (Lipinski definition) is 3. The second-order valence-electron chi connectivity index (χ2n) is 5.15. The van der Waals surface area contributed by atoms with Gasteiger partial charge in [-0.15, -0.1) is 0 Å². The summed E-state index contributed by atoms with van der Waals surface area (Å²) < 4.78 is 5.57. The highest BCUT2D eigenvalue weighted by atomic mass is 35.5. The topological polar surface area (TPSA) is 28.4 Å². The molecule has 0 fully saturated rings. The quantitative estimate of drug-likeness (QED) is 0.752. The Hall–Kier alpha value is -2.13. The van der Waals surface area contributed by atoms with E-state index < -0.39 is 0 Å². The van der Waals surface area contributed by atoms with Crippen LogP contribution in [-0.4, -0.2) is 14.1 Å². The van der Waals surface area contributed by atoms with Crippen molar-refractivity contribution < 1.29 is 4.42 Å². The number of halogens is 1. The fraction of sp³-hybridized carbons (Fsp3) is 0.176. The van der Waals surface area contributed by atoms with Crippen molar-refractivity contribution >= 4 is 33.9 Å². The van der Waals surface area contributed by atoms with Gasteiger partial charge < -0.3 is 14.6 Å². The predicted octanol–water partition coefficient (Wildman–Crippen LogP) is 4.76. The molecule has 2 aromatic carbocycles. The highest BCUT2D eigenvalue weighted by molar-refractivity contribution is 6.30. The number of rotatable bonds is 4. The Labute approximate surface area is 129 Å². The minimum Gasteiger partial charge on any atom is -0.444 e. The highest BCUT2D eigenvalue weighted by Crippen LogP contribution is 2.30. The molecule has 0 unspecified atom stereocenters. The molecule has 0 aliphatic carbocycles. The Morgan fingerprint density at radius 1 is 1.10 bits per heavy atom. The van der Waals surface area contributed by atoms with Crippen LogP contribution >= 0.6 is 11.6 Å². The first-order chi connectivity index (χ1) is 10.1. The van der Waals surface area contributed by atoms with Gasteiger partial charge in [-0.2, -0.15) is 0 Å². The molecule has 3 aromatic rings. The largest absolute Gasteiger partial charge is 0.444 e. The minimum atomic E-state index is 0.451. The van der Waals surface area contributed by atoms with Crippen LogP contribution in [0.4, 0.5) is 11.4 Å². The van der Waals surface area contributed by atoms with Gasteiger partial charge in [0.25, 0.3) is 0 Å². The summed E-state index contributed by atoms with van der Waals surface area (Å²) in [6.45, 7) is 0.632. The molecule has 108 valence electrons. The first-order valence-corrected chi connectivity index (χ1v) is 7.20. The van der Waals surface area contributed by atoms with Gasteiger partial charge in [0, 0.05) is 43.0 Å². The van der Waals surface area contributed by atoms with E-state index in [1.54, 1.807) is 0 Å². The monoisotopic (exact) mass is 300 g/mol. The zero-order valence-electron chi connectivity index (χ0n) is 12.1. The normalized spacial score (nSPS) is 10.8. The maximum absolute atomic E-state index is 6.20. The Morgan fingerprint density at radius 3 is 2.71 bits per heavy atom. The fourth-order valence-electron chi connectivity index (χ4n) is 2.32. The van der Waals surface area contributed by atoms with Crippen LogP contribution in [0.1, 0.15) is 5.56 Å². The van der Waals surface area contributed by atoms with E-state index in [4.69, 9.17) is 16.0 Å². The number of fused-ring (bicyclic) bond motifs is 1. The molecule has 0 amide bonds. The molecule has 3 rings (SSSR count). The van der Waals surface area contributed by atoms with E-state index in [1.807, 2.05) is 50.5 Å². The Balaban J connectivity index is 1.83. The number of furan rings is 1. The van der Waals surface area contributed by atoms with Crippen molar-refractivity contribution in [3.8, 4) is 0 Å². The van der Waals surface area contributed by atoms with Crippen LogP contribution < -0.4 is 10.2 Å². The molecule has 4 heteroatoms. The number of nitrogens with zero attached hydrogens (tertiary/aromatic N) is 1. The molecule has 0 atom stereocenters. The molecule has 1 aromatic heterocycles. The average molecular weight is 301 g/mol. The van der Waals surface area contributed by atoms with Crippen molar-refractivity contribution in [3.05, 3.63) is 59.3 Å². The fourth-order valence-corrected chi connectivity index (χ4v) is 2.57. The van der Waals surface area contributed by atoms with Gasteiger partial charge in [-0.3, -0.25) is 0 Å². The van der Waals surface area contributed by atoms with Gasteiger partial charge >= 0.3 is 0 Å². The highest BCUT2D eigenvalue weighted by Gasteiger charge is 2.11. The van der Waals surface area contributed by atoms with Gasteiger partial charge in [0.1, 0.15) is 5.58 Å². The van der Waals surface area contributed by atoms with Crippen LogP contribution in [0.15, 0.2) is 52.9 Å². The number of para-hydroxylation sites is 1. The van der Waals surface area contributed by atoms with E-state index in [2.05, 4.69) is 22.3 Å². The standard InChI is InChI=1S/C17H17ClN2O/c1-20(2)13-7-5-6-12(10-13)19-11-15-14-8-3-4-9-16(14)21-17(15)18/h3-10,19H,11H2,1-2H3. The molecule has 0 radical (unpaired) electrons. The van der Waals surface area contributed by atoms with E-state index in [-0.39, 0.29) is 0 Å². The molecule has 0 saturated heterocycles. The lowest BCUT2D eigenvalue weighted by Gasteiger charge is -2.14. The molecule has 0 spiro atoms. The number of anilines is 2. The van der Waals surface area contributed by atoms with Gasteiger partial charge in [0.2, 0.25) is 0 Å². The summed E-state index contributed by atoms with van der Waals surface area (Å²) in [4.78, 5) is 2.07. The SMILES string of the molecule is CN(C)c1cccc(NCc2c(Cl)oc3ccccc23)c1. The summed E-state index contributed by atoms with van der Waals surface area (Å²) in [6, 6.07) is 16.1. The van der Waals surface area contributed by atoms with E-state index >= 15 is 0 Å². The Kier molecular flexibility index (Phi) is 3.76. The molecular formula is C17H17ClN2O. The van der Waals surface area contributed by atoms with Crippen molar-refractivity contribution in [2.75, 3.05) is 24.3 Å². The molecule has 0 saturated carbocycles. The zero-order chi connectivity index (χ0) is 14.8. The van der Waals surface area contributed by atoms with Gasteiger partial charge in [-0.1, -0.05) is 24.3 Å². The maximum Gasteiger partial charge on any atom is 0.199 e. The molecule has 0 aliphatic rings. The van der Waals surface area contributed by atoms with Crippen LogP contribution in [0, 0.1) is 0 Å². The molecule has 0 bridgehead atoms. The van der Waals surface area contributed by atoms with Gasteiger partial charge in [0.05, 0.1) is 0 Å². The smallest absolute Gasteiger partial charge is 0.199 e. The summed E-state index contributed by atoms with van der Waals surface area (Å²) >= 11 is 6.20. The Bertz CT molecular complexity index is 764. The summed E-state index contributed by atoms with van der Waals surface area (Å²) in [5, 5.41) is 4.91. The molecule has 1 N–H and O–H groups in total. The molecule has 0 aliphatic heterocycles. The van der Waals surface area contributed by atoms with Gasteiger partial charge in [-0.25, -0.2) is 0 Å².